The van der Waals surface area contributed by atoms with Gasteiger partial charge in [0.25, 0.3) is 5.91 Å². The van der Waals surface area contributed by atoms with Crippen molar-refractivity contribution in [2.45, 2.75) is 32.7 Å². The molecule has 0 aliphatic carbocycles. The summed E-state index contributed by atoms with van der Waals surface area (Å²) in [5, 5.41) is 8.98. The number of nitrogens with one attached hydrogen (secondary N) is 1. The first kappa shape index (κ1) is 22.3. The van der Waals surface area contributed by atoms with E-state index in [4.69, 9.17) is 4.74 Å². The Bertz CT molecular complexity index is 938. The Labute approximate surface area is 183 Å². The van der Waals surface area contributed by atoms with Crippen molar-refractivity contribution in [1.29, 1.82) is 0 Å². The molecule has 1 N–H and O–H groups in total. The molecule has 0 bridgehead atoms. The average Bonchev–Trinajstić information content (AvgIpc) is 3.23. The molecular formula is C24H30N4O3. The summed E-state index contributed by atoms with van der Waals surface area (Å²) in [7, 11) is 3.25. The van der Waals surface area contributed by atoms with Crippen LogP contribution in [-0.2, 0) is 4.79 Å². The number of hydrogen-bond acceptors (Lipinski definition) is 4. The number of hydrazone groups is 1. The topological polar surface area (TPSA) is 74.2 Å². The Hall–Kier alpha value is -3.35. The van der Waals surface area contributed by atoms with Crippen LogP contribution in [0.4, 0.5) is 4.79 Å². The monoisotopic (exact) mass is 422 g/mol. The van der Waals surface area contributed by atoms with Gasteiger partial charge in [-0.05, 0) is 48.7 Å². The molecule has 1 atom stereocenters. The molecule has 31 heavy (non-hydrogen) atoms. The molecule has 7 nitrogen and oxygen atoms in total. The fourth-order valence-corrected chi connectivity index (χ4v) is 3.46. The van der Waals surface area contributed by atoms with Crippen LogP contribution >= 0.6 is 0 Å². The number of rotatable bonds is 7. The van der Waals surface area contributed by atoms with Gasteiger partial charge in [0.15, 0.2) is 0 Å². The normalized spacial score (nSPS) is 15.4. The van der Waals surface area contributed by atoms with Gasteiger partial charge >= 0.3 is 6.03 Å². The second kappa shape index (κ2) is 10.1. The molecule has 0 spiro atoms. The third kappa shape index (κ3) is 5.42. The van der Waals surface area contributed by atoms with Crippen molar-refractivity contribution in [2.24, 2.45) is 5.10 Å². The molecule has 0 saturated carbocycles. The van der Waals surface area contributed by atoms with Crippen LogP contribution in [0.5, 0.6) is 5.75 Å². The van der Waals surface area contributed by atoms with Crippen molar-refractivity contribution in [3.63, 3.8) is 0 Å². The van der Waals surface area contributed by atoms with E-state index in [0.717, 1.165) is 34.6 Å². The minimum absolute atomic E-state index is 0.0443. The van der Waals surface area contributed by atoms with Gasteiger partial charge in [0.05, 0.1) is 18.9 Å². The molecule has 164 valence electrons. The van der Waals surface area contributed by atoms with E-state index >= 15 is 0 Å². The van der Waals surface area contributed by atoms with E-state index in [1.807, 2.05) is 62.4 Å². The molecule has 3 rings (SSSR count). The quantitative estimate of drug-likeness (QED) is 0.739. The second-order valence-corrected chi connectivity index (χ2v) is 7.73. The van der Waals surface area contributed by atoms with Gasteiger partial charge < -0.3 is 15.0 Å². The minimum Gasteiger partial charge on any atom is -0.497 e. The summed E-state index contributed by atoms with van der Waals surface area (Å²) < 4.78 is 5.24. The third-order valence-electron chi connectivity index (χ3n) is 5.30. The molecule has 1 aliphatic heterocycles. The van der Waals surface area contributed by atoms with Crippen molar-refractivity contribution in [1.82, 2.24) is 15.2 Å². The maximum Gasteiger partial charge on any atom is 0.317 e. The van der Waals surface area contributed by atoms with E-state index in [0.29, 0.717) is 13.0 Å². The van der Waals surface area contributed by atoms with Crippen LogP contribution in [0, 0.1) is 6.92 Å². The Morgan fingerprint density at radius 3 is 2.45 bits per heavy atom. The zero-order valence-corrected chi connectivity index (χ0v) is 18.6. The second-order valence-electron chi connectivity index (χ2n) is 7.73. The number of hydrogen-bond donors (Lipinski definition) is 1. The largest absolute Gasteiger partial charge is 0.497 e. The van der Waals surface area contributed by atoms with E-state index < -0.39 is 0 Å². The van der Waals surface area contributed by atoms with Crippen molar-refractivity contribution in [3.8, 4) is 5.75 Å². The summed E-state index contributed by atoms with van der Waals surface area (Å²) in [5.74, 6) is 0.549. The Morgan fingerprint density at radius 1 is 1.16 bits per heavy atom. The Balaban J connectivity index is 1.83. The lowest BCUT2D eigenvalue weighted by atomic mass is 9.97. The van der Waals surface area contributed by atoms with E-state index in [9.17, 15) is 9.59 Å². The molecule has 2 aromatic rings. The summed E-state index contributed by atoms with van der Waals surface area (Å²) in [4.78, 5) is 26.7. The van der Waals surface area contributed by atoms with Gasteiger partial charge in [-0.1, -0.05) is 36.8 Å². The summed E-state index contributed by atoms with van der Waals surface area (Å²) in [6, 6.07) is 15.3. The number of aryl methyl sites for hydroxylation is 1. The van der Waals surface area contributed by atoms with E-state index in [2.05, 4.69) is 10.4 Å². The smallest absolute Gasteiger partial charge is 0.317 e. The summed E-state index contributed by atoms with van der Waals surface area (Å²) in [6.45, 7) is 4.55. The van der Waals surface area contributed by atoms with Crippen LogP contribution in [0.2, 0.25) is 0 Å². The van der Waals surface area contributed by atoms with E-state index in [1.165, 1.54) is 9.91 Å². The van der Waals surface area contributed by atoms with Crippen molar-refractivity contribution < 1.29 is 14.3 Å². The van der Waals surface area contributed by atoms with Gasteiger partial charge in [0.1, 0.15) is 12.3 Å². The molecule has 0 fully saturated rings. The summed E-state index contributed by atoms with van der Waals surface area (Å²) in [6.07, 6.45) is 1.44. The van der Waals surface area contributed by atoms with Gasteiger partial charge in [-0.25, -0.2) is 9.80 Å². The number of nitrogens with zero attached hydrogens (tertiary/aromatic N) is 3. The van der Waals surface area contributed by atoms with Crippen LogP contribution in [0.15, 0.2) is 53.6 Å². The third-order valence-corrected chi connectivity index (χ3v) is 5.30. The molecule has 0 unspecified atom stereocenters. The van der Waals surface area contributed by atoms with Crippen LogP contribution in [-0.4, -0.2) is 54.8 Å². The highest BCUT2D eigenvalue weighted by Gasteiger charge is 2.33. The lowest BCUT2D eigenvalue weighted by Gasteiger charge is -2.25. The number of carbonyl (C=O) groups is 2. The first-order chi connectivity index (χ1) is 14.9. The maximum atomic E-state index is 13.1. The molecule has 0 aromatic heterocycles. The lowest BCUT2D eigenvalue weighted by molar-refractivity contribution is -0.133. The first-order valence-corrected chi connectivity index (χ1v) is 10.5. The Morgan fingerprint density at radius 2 is 1.84 bits per heavy atom. The molecular weight excluding hydrogens is 392 g/mol. The molecule has 7 heteroatoms. The fourth-order valence-electron chi connectivity index (χ4n) is 3.46. The highest BCUT2D eigenvalue weighted by molar-refractivity contribution is 6.03. The number of amides is 3. The fraction of sp³-hybridized carbons (Fsp3) is 0.375. The summed E-state index contributed by atoms with van der Waals surface area (Å²) >= 11 is 0. The zero-order valence-electron chi connectivity index (χ0n) is 18.6. The number of benzene rings is 2. The molecule has 2 aromatic carbocycles. The maximum absolute atomic E-state index is 13.1. The van der Waals surface area contributed by atoms with Gasteiger partial charge in [-0.3, -0.25) is 4.79 Å². The molecule has 0 radical (unpaired) electrons. The van der Waals surface area contributed by atoms with Gasteiger partial charge in [-0.15, -0.1) is 0 Å². The van der Waals surface area contributed by atoms with Gasteiger partial charge in [0.2, 0.25) is 0 Å². The van der Waals surface area contributed by atoms with Crippen molar-refractivity contribution in [2.75, 3.05) is 27.2 Å². The predicted molar refractivity (Wildman–Crippen MR) is 121 cm³/mol. The standard InChI is InChI=1S/C24H30N4O3/c1-5-14-25-24(30)27(3)16-23(29)28-22(19-8-6-17(2)7-9-19)15-21(26-28)18-10-12-20(31-4)13-11-18/h6-13,22H,5,14-16H2,1-4H3,(H,25,30)/t22-/m1/s1. The van der Waals surface area contributed by atoms with Crippen LogP contribution in [0.3, 0.4) is 0 Å². The summed E-state index contributed by atoms with van der Waals surface area (Å²) in [5.41, 5.74) is 3.95. The van der Waals surface area contributed by atoms with Crippen molar-refractivity contribution >= 4 is 17.6 Å². The molecule has 1 aliphatic rings. The van der Waals surface area contributed by atoms with Gasteiger partial charge in [-0.2, -0.15) is 5.10 Å². The molecule has 0 saturated heterocycles. The van der Waals surface area contributed by atoms with E-state index in [-0.39, 0.29) is 24.5 Å². The molecule has 1 heterocycles. The number of methoxy groups -OCH3 is 1. The van der Waals surface area contributed by atoms with Crippen LogP contribution < -0.4 is 10.1 Å². The number of ether oxygens (including phenoxy) is 1. The predicted octanol–water partition coefficient (Wildman–Crippen LogP) is 3.73. The highest BCUT2D eigenvalue weighted by Crippen LogP contribution is 2.33. The van der Waals surface area contributed by atoms with Crippen LogP contribution in [0.25, 0.3) is 0 Å². The van der Waals surface area contributed by atoms with Crippen LogP contribution in [0.1, 0.15) is 42.5 Å². The Kier molecular flexibility index (Phi) is 7.28. The van der Waals surface area contributed by atoms with E-state index in [1.54, 1.807) is 14.2 Å². The highest BCUT2D eigenvalue weighted by atomic mass is 16.5. The van der Waals surface area contributed by atoms with Crippen molar-refractivity contribution in [3.05, 3.63) is 65.2 Å². The number of carbonyl (C=O) groups excluding carboxylic acids is 2. The van der Waals surface area contributed by atoms with Gasteiger partial charge in [0, 0.05) is 20.0 Å². The molecule has 3 amide bonds. The average molecular weight is 423 g/mol. The minimum atomic E-state index is -0.263. The first-order valence-electron chi connectivity index (χ1n) is 10.5. The zero-order chi connectivity index (χ0) is 22.4. The number of likely N-dealkylation sites (N-methyl/N-ethyl adjacent to an activating group) is 1. The lowest BCUT2D eigenvalue weighted by Crippen LogP contribution is -2.43. The SMILES string of the molecule is CCCNC(=O)N(C)CC(=O)N1N=C(c2ccc(OC)cc2)C[C@@H]1c1ccc(C)cc1. The number of urea groups is 1.